The van der Waals surface area contributed by atoms with Crippen LogP contribution in [0.5, 0.6) is 0 Å². The molecule has 2 amide bonds. The summed E-state index contributed by atoms with van der Waals surface area (Å²) in [7, 11) is 0. The largest absolute Gasteiger partial charge is 0.444 e. The molecule has 6 aliphatic rings. The van der Waals surface area contributed by atoms with Crippen molar-refractivity contribution in [2.24, 2.45) is 17.3 Å². The van der Waals surface area contributed by atoms with E-state index >= 15 is 4.39 Å². The Morgan fingerprint density at radius 2 is 1.91 bits per heavy atom. The third-order valence-electron chi connectivity index (χ3n) is 6.87. The highest BCUT2D eigenvalue weighted by atomic mass is 19.1. The third-order valence-corrected chi connectivity index (χ3v) is 6.87. The zero-order valence-electron chi connectivity index (χ0n) is 13.1. The first-order valence-electron chi connectivity index (χ1n) is 8.90. The summed E-state index contributed by atoms with van der Waals surface area (Å²) in [6.07, 6.45) is 5.29. The Labute approximate surface area is 134 Å². The molecule has 2 unspecified atom stereocenters. The van der Waals surface area contributed by atoms with Crippen molar-refractivity contribution in [3.05, 3.63) is 0 Å². The molecule has 5 aliphatic carbocycles. The van der Waals surface area contributed by atoms with E-state index in [9.17, 15) is 9.59 Å². The van der Waals surface area contributed by atoms with Gasteiger partial charge in [-0.1, -0.05) is 0 Å². The van der Waals surface area contributed by atoms with Gasteiger partial charge in [0.1, 0.15) is 11.8 Å². The van der Waals surface area contributed by atoms with Crippen molar-refractivity contribution >= 4 is 12.0 Å². The van der Waals surface area contributed by atoms with Crippen LogP contribution in [0.3, 0.4) is 0 Å². The van der Waals surface area contributed by atoms with Crippen LogP contribution >= 0.6 is 0 Å². The minimum absolute atomic E-state index is 0.00206. The molecule has 5 saturated carbocycles. The van der Waals surface area contributed by atoms with Gasteiger partial charge in [0.2, 0.25) is 5.91 Å². The second kappa shape index (κ2) is 4.39. The lowest BCUT2D eigenvalue weighted by Crippen LogP contribution is -2.60. The van der Waals surface area contributed by atoms with Crippen LogP contribution < -0.4 is 10.6 Å². The summed E-state index contributed by atoms with van der Waals surface area (Å²) in [5.74, 6) is 0.742. The van der Waals surface area contributed by atoms with Gasteiger partial charge in [0.05, 0.1) is 11.5 Å². The Balaban J connectivity index is 1.34. The van der Waals surface area contributed by atoms with Crippen LogP contribution in [-0.4, -0.2) is 35.9 Å². The summed E-state index contributed by atoms with van der Waals surface area (Å²) in [6, 6.07) is -0.0366. The summed E-state index contributed by atoms with van der Waals surface area (Å²) in [5, 5.41) is 5.90. The van der Waals surface area contributed by atoms with Crippen molar-refractivity contribution in [3.63, 3.8) is 0 Å². The lowest BCUT2D eigenvalue weighted by molar-refractivity contribution is -0.161. The summed E-state index contributed by atoms with van der Waals surface area (Å²) in [4.78, 5) is 24.4. The van der Waals surface area contributed by atoms with E-state index in [1.165, 1.54) is 0 Å². The number of hydrogen-bond acceptors (Lipinski definition) is 3. The number of carbonyl (C=O) groups is 2. The summed E-state index contributed by atoms with van der Waals surface area (Å²) < 4.78 is 20.3. The van der Waals surface area contributed by atoms with Gasteiger partial charge in [-0.3, -0.25) is 4.79 Å². The summed E-state index contributed by atoms with van der Waals surface area (Å²) >= 11 is 0. The number of carbonyl (C=O) groups excluding carboxylic acids is 2. The molecule has 6 bridgehead atoms. The maximum Gasteiger partial charge on any atom is 0.407 e. The number of alkyl halides is 1. The van der Waals surface area contributed by atoms with Crippen LogP contribution in [0.4, 0.5) is 9.18 Å². The molecular weight excluding hydrogens is 299 g/mol. The maximum absolute atomic E-state index is 15.0. The lowest BCUT2D eigenvalue weighted by Gasteiger charge is -2.58. The highest BCUT2D eigenvalue weighted by molar-refractivity contribution is 5.84. The highest BCUT2D eigenvalue weighted by Gasteiger charge is 2.61. The van der Waals surface area contributed by atoms with Crippen LogP contribution in [0.25, 0.3) is 0 Å². The fraction of sp³-hybridized carbons (Fsp3) is 0.882. The van der Waals surface area contributed by atoms with Crippen molar-refractivity contribution in [3.8, 4) is 0 Å². The van der Waals surface area contributed by atoms with Crippen LogP contribution in [-0.2, 0) is 9.53 Å². The number of halogens is 1. The van der Waals surface area contributed by atoms with E-state index in [4.69, 9.17) is 4.74 Å². The van der Waals surface area contributed by atoms with Crippen LogP contribution in [0.15, 0.2) is 0 Å². The minimum Gasteiger partial charge on any atom is -0.444 e. The average molecular weight is 322 g/mol. The van der Waals surface area contributed by atoms with Gasteiger partial charge in [-0.25, -0.2) is 9.18 Å². The molecule has 0 radical (unpaired) electrons. The topological polar surface area (TPSA) is 67.4 Å². The molecule has 0 aromatic carbocycles. The van der Waals surface area contributed by atoms with E-state index in [2.05, 4.69) is 10.6 Å². The number of hydrogen-bond donors (Lipinski definition) is 2. The molecule has 5 atom stereocenters. The number of alkyl carbamates (subject to hydrolysis) is 1. The van der Waals surface area contributed by atoms with Gasteiger partial charge in [0.25, 0.3) is 0 Å². The van der Waals surface area contributed by atoms with Gasteiger partial charge in [0.15, 0.2) is 0 Å². The van der Waals surface area contributed by atoms with Gasteiger partial charge < -0.3 is 15.4 Å². The predicted octanol–water partition coefficient (Wildman–Crippen LogP) is 2.05. The molecule has 126 valence electrons. The molecule has 1 aliphatic heterocycles. The predicted molar refractivity (Wildman–Crippen MR) is 79.3 cm³/mol. The molecule has 0 spiro atoms. The van der Waals surface area contributed by atoms with Gasteiger partial charge in [-0.05, 0) is 56.8 Å². The monoisotopic (exact) mass is 322 g/mol. The van der Waals surface area contributed by atoms with Gasteiger partial charge in [-0.2, -0.15) is 0 Å². The molecule has 1 heterocycles. The number of amides is 2. The molecule has 5 nitrogen and oxygen atoms in total. The van der Waals surface area contributed by atoms with Crippen molar-refractivity contribution in [2.75, 3.05) is 0 Å². The number of nitrogens with one attached hydrogen (secondary N) is 2. The zero-order chi connectivity index (χ0) is 15.8. The van der Waals surface area contributed by atoms with Crippen molar-refractivity contribution in [2.45, 2.75) is 75.2 Å². The third kappa shape index (κ3) is 2.09. The summed E-state index contributed by atoms with van der Waals surface area (Å²) in [5.41, 5.74) is -1.64. The molecular formula is C17H23FN2O3. The standard InChI is InChI=1S/C17H23FN2O3/c18-17-6-9-1-10(7-17)5-16(4-9,8-17)14(21)20-12-2-11-3-13(12)23-15(22)19-11/h9-13H,1-8H2,(H,19,22)(H,20,21)/t9?,10?,11-,12-,13-,16?,17?/m1/s1. The quantitative estimate of drug-likeness (QED) is 0.818. The van der Waals surface area contributed by atoms with Gasteiger partial charge in [0, 0.05) is 12.5 Å². The Kier molecular flexibility index (Phi) is 2.68. The number of rotatable bonds is 2. The smallest absolute Gasteiger partial charge is 0.407 e. The minimum atomic E-state index is -1.12. The molecule has 0 aromatic rings. The molecule has 1 saturated heterocycles. The molecule has 0 aromatic heterocycles. The van der Waals surface area contributed by atoms with E-state index < -0.39 is 11.1 Å². The second-order valence-corrected chi connectivity index (χ2v) is 8.73. The molecule has 6 rings (SSSR count). The van der Waals surface area contributed by atoms with Crippen molar-refractivity contribution in [1.29, 1.82) is 0 Å². The Hall–Kier alpha value is -1.33. The molecule has 6 fully saturated rings. The summed E-state index contributed by atoms with van der Waals surface area (Å²) in [6.45, 7) is 0. The zero-order valence-corrected chi connectivity index (χ0v) is 13.1. The first kappa shape index (κ1) is 14.1. The SMILES string of the molecule is O=C1N[C@@H]2C[C@@H](NC(=O)C34CC5CC(CC(F)(C5)C3)C4)[C@@H](C2)O1. The van der Waals surface area contributed by atoms with Crippen molar-refractivity contribution < 1.29 is 18.7 Å². The van der Waals surface area contributed by atoms with Crippen molar-refractivity contribution in [1.82, 2.24) is 10.6 Å². The van der Waals surface area contributed by atoms with Gasteiger partial charge >= 0.3 is 6.09 Å². The Morgan fingerprint density at radius 3 is 2.61 bits per heavy atom. The first-order valence-corrected chi connectivity index (χ1v) is 8.90. The van der Waals surface area contributed by atoms with Crippen LogP contribution in [0.1, 0.15) is 51.4 Å². The van der Waals surface area contributed by atoms with E-state index in [0.717, 1.165) is 25.7 Å². The molecule has 23 heavy (non-hydrogen) atoms. The van der Waals surface area contributed by atoms with E-state index in [1.54, 1.807) is 0 Å². The number of ether oxygens (including phenoxy) is 1. The Morgan fingerprint density at radius 1 is 1.17 bits per heavy atom. The van der Waals surface area contributed by atoms with E-state index in [-0.39, 0.29) is 30.2 Å². The lowest BCUT2D eigenvalue weighted by atomic mass is 9.48. The van der Waals surface area contributed by atoms with E-state index in [1.807, 2.05) is 0 Å². The normalized spacial score (nSPS) is 52.9. The molecule has 6 heteroatoms. The Bertz CT molecular complexity index is 566. The number of fused-ring (bicyclic) bond motifs is 2. The fourth-order valence-corrected chi connectivity index (χ4v) is 6.48. The average Bonchev–Trinajstić information content (AvgIpc) is 2.70. The van der Waals surface area contributed by atoms with Gasteiger partial charge in [-0.15, -0.1) is 0 Å². The maximum atomic E-state index is 15.0. The molecule has 2 N–H and O–H groups in total. The van der Waals surface area contributed by atoms with Crippen LogP contribution in [0.2, 0.25) is 0 Å². The first-order chi connectivity index (χ1) is 10.9. The van der Waals surface area contributed by atoms with E-state index in [0.29, 0.717) is 37.5 Å². The van der Waals surface area contributed by atoms with Crippen LogP contribution in [0, 0.1) is 17.3 Å². The second-order valence-electron chi connectivity index (χ2n) is 8.73. The fourth-order valence-electron chi connectivity index (χ4n) is 6.48. The highest BCUT2D eigenvalue weighted by Crippen LogP contribution is 2.63.